The molecule has 0 aromatic heterocycles. The third-order valence-electron chi connectivity index (χ3n) is 5.37. The summed E-state index contributed by atoms with van der Waals surface area (Å²) in [4.78, 5) is 14.6. The quantitative estimate of drug-likeness (QED) is 0.661. The highest BCUT2D eigenvalue weighted by atomic mass is 16.5. The van der Waals surface area contributed by atoms with E-state index in [1.54, 1.807) is 7.11 Å². The number of benzene rings is 2. The van der Waals surface area contributed by atoms with Crippen LogP contribution in [0.3, 0.4) is 0 Å². The molecule has 2 aromatic rings. The summed E-state index contributed by atoms with van der Waals surface area (Å²) in [5, 5.41) is 5.98. The number of carbonyl (C=O) groups is 1. The molecule has 0 aliphatic carbocycles. The lowest BCUT2D eigenvalue weighted by molar-refractivity contribution is -0.0149. The van der Waals surface area contributed by atoms with E-state index in [1.807, 2.05) is 51.1 Å². The van der Waals surface area contributed by atoms with E-state index in [0.29, 0.717) is 25.6 Å². The number of rotatable bonds is 8. The van der Waals surface area contributed by atoms with Crippen molar-refractivity contribution in [3.8, 4) is 5.75 Å². The number of amides is 2. The van der Waals surface area contributed by atoms with Crippen LogP contribution in [0.1, 0.15) is 38.3 Å². The molecule has 0 radical (unpaired) electrons. The number of methoxy groups -OCH3 is 1. The Morgan fingerprint density at radius 1 is 1.10 bits per heavy atom. The number of ether oxygens (including phenoxy) is 2. The molecule has 6 nitrogen and oxygen atoms in total. The van der Waals surface area contributed by atoms with Gasteiger partial charge in [0.1, 0.15) is 5.75 Å². The number of carbonyl (C=O) groups excluding carboxylic acids is 1. The van der Waals surface area contributed by atoms with Crippen LogP contribution < -0.4 is 20.3 Å². The van der Waals surface area contributed by atoms with E-state index in [9.17, 15) is 4.79 Å². The standard InChI is InChI=1S/C25H35N3O3/c1-25(2,3)31-18-20-8-5-7-19(13-20)15-26-24(29)27-16-21-11-12-28(17-21)22-9-6-10-23(14-22)30-4/h5-10,13-14,21H,11-12,15-18H2,1-4H3,(H2,26,27,29). The second kappa shape index (κ2) is 10.5. The lowest BCUT2D eigenvalue weighted by atomic mass is 10.1. The first kappa shape index (κ1) is 22.9. The smallest absolute Gasteiger partial charge is 0.315 e. The average Bonchev–Trinajstić information content (AvgIpc) is 3.24. The van der Waals surface area contributed by atoms with Gasteiger partial charge in [0.05, 0.1) is 19.3 Å². The summed E-state index contributed by atoms with van der Waals surface area (Å²) >= 11 is 0. The van der Waals surface area contributed by atoms with E-state index >= 15 is 0 Å². The van der Waals surface area contributed by atoms with Gasteiger partial charge < -0.3 is 25.0 Å². The van der Waals surface area contributed by atoms with Gasteiger partial charge in [-0.15, -0.1) is 0 Å². The molecule has 31 heavy (non-hydrogen) atoms. The van der Waals surface area contributed by atoms with Gasteiger partial charge in [-0.05, 0) is 56.4 Å². The molecule has 2 N–H and O–H groups in total. The molecule has 2 amide bonds. The van der Waals surface area contributed by atoms with Crippen molar-refractivity contribution in [2.45, 2.75) is 45.9 Å². The van der Waals surface area contributed by atoms with Crippen molar-refractivity contribution in [2.75, 3.05) is 31.6 Å². The number of urea groups is 1. The minimum atomic E-state index is -0.170. The Morgan fingerprint density at radius 3 is 2.65 bits per heavy atom. The molecule has 3 rings (SSSR count). The van der Waals surface area contributed by atoms with E-state index in [4.69, 9.17) is 9.47 Å². The highest BCUT2D eigenvalue weighted by molar-refractivity contribution is 5.73. The highest BCUT2D eigenvalue weighted by Gasteiger charge is 2.23. The molecule has 1 aliphatic rings. The zero-order chi connectivity index (χ0) is 22.3. The van der Waals surface area contributed by atoms with Crippen molar-refractivity contribution in [1.82, 2.24) is 10.6 Å². The fourth-order valence-corrected chi connectivity index (χ4v) is 3.65. The average molecular weight is 426 g/mol. The van der Waals surface area contributed by atoms with E-state index in [-0.39, 0.29) is 11.6 Å². The summed E-state index contributed by atoms with van der Waals surface area (Å²) in [6, 6.07) is 16.1. The fourth-order valence-electron chi connectivity index (χ4n) is 3.65. The van der Waals surface area contributed by atoms with Gasteiger partial charge in [0.25, 0.3) is 0 Å². The topological polar surface area (TPSA) is 62.8 Å². The van der Waals surface area contributed by atoms with Crippen molar-refractivity contribution in [2.24, 2.45) is 5.92 Å². The SMILES string of the molecule is COc1cccc(N2CCC(CNC(=O)NCc3cccc(COC(C)(C)C)c3)C2)c1. The number of hydrogen-bond acceptors (Lipinski definition) is 4. The number of nitrogens with one attached hydrogen (secondary N) is 2. The summed E-state index contributed by atoms with van der Waals surface area (Å²) in [7, 11) is 1.68. The molecule has 1 aliphatic heterocycles. The van der Waals surface area contributed by atoms with Crippen molar-refractivity contribution >= 4 is 11.7 Å². The molecule has 6 heteroatoms. The van der Waals surface area contributed by atoms with Crippen molar-refractivity contribution < 1.29 is 14.3 Å². The fraction of sp³-hybridized carbons (Fsp3) is 0.480. The first-order valence-corrected chi connectivity index (χ1v) is 10.9. The third kappa shape index (κ3) is 7.47. The first-order chi connectivity index (χ1) is 14.8. The minimum absolute atomic E-state index is 0.129. The lowest BCUT2D eigenvalue weighted by Crippen LogP contribution is -2.38. The molecular formula is C25H35N3O3. The first-order valence-electron chi connectivity index (χ1n) is 10.9. The summed E-state index contributed by atoms with van der Waals surface area (Å²) in [6.45, 7) is 9.79. The predicted molar refractivity (Wildman–Crippen MR) is 125 cm³/mol. The summed E-state index contributed by atoms with van der Waals surface area (Å²) in [5.41, 5.74) is 3.17. The molecule has 168 valence electrons. The number of nitrogens with zero attached hydrogens (tertiary/aromatic N) is 1. The largest absolute Gasteiger partial charge is 0.497 e. The molecule has 1 unspecified atom stereocenters. The van der Waals surface area contributed by atoms with Crippen LogP contribution in [0.4, 0.5) is 10.5 Å². The van der Waals surface area contributed by atoms with Gasteiger partial charge in [-0.1, -0.05) is 30.3 Å². The molecule has 1 heterocycles. The van der Waals surface area contributed by atoms with Crippen molar-refractivity contribution in [3.63, 3.8) is 0 Å². The molecular weight excluding hydrogens is 390 g/mol. The van der Waals surface area contributed by atoms with Crippen LogP contribution >= 0.6 is 0 Å². The minimum Gasteiger partial charge on any atom is -0.497 e. The number of hydrogen-bond donors (Lipinski definition) is 2. The molecule has 1 fully saturated rings. The predicted octanol–water partition coefficient (Wildman–Crippen LogP) is 4.34. The van der Waals surface area contributed by atoms with Crippen LogP contribution in [0, 0.1) is 5.92 Å². The van der Waals surface area contributed by atoms with Crippen LogP contribution in [-0.2, 0) is 17.9 Å². The number of anilines is 1. The van der Waals surface area contributed by atoms with Gasteiger partial charge in [-0.2, -0.15) is 0 Å². The van der Waals surface area contributed by atoms with Gasteiger partial charge in [0.15, 0.2) is 0 Å². The maximum atomic E-state index is 12.3. The van der Waals surface area contributed by atoms with Crippen molar-refractivity contribution in [1.29, 1.82) is 0 Å². The lowest BCUT2D eigenvalue weighted by Gasteiger charge is -2.20. The van der Waals surface area contributed by atoms with Crippen LogP contribution in [0.5, 0.6) is 5.75 Å². The van der Waals surface area contributed by atoms with E-state index < -0.39 is 0 Å². The molecule has 1 atom stereocenters. The van der Waals surface area contributed by atoms with E-state index in [0.717, 1.165) is 36.4 Å². The molecule has 1 saturated heterocycles. The Labute approximate surface area is 185 Å². The zero-order valence-corrected chi connectivity index (χ0v) is 19.1. The third-order valence-corrected chi connectivity index (χ3v) is 5.37. The van der Waals surface area contributed by atoms with Gasteiger partial charge in [-0.25, -0.2) is 4.79 Å². The second-order valence-corrected chi connectivity index (χ2v) is 9.09. The molecule has 2 aromatic carbocycles. The maximum absolute atomic E-state index is 12.3. The van der Waals surface area contributed by atoms with Gasteiger partial charge in [0, 0.05) is 37.9 Å². The normalized spacial score (nSPS) is 16.3. The highest BCUT2D eigenvalue weighted by Crippen LogP contribution is 2.26. The van der Waals surface area contributed by atoms with E-state index in [1.165, 1.54) is 5.69 Å². The van der Waals surface area contributed by atoms with Gasteiger partial charge in [0.2, 0.25) is 0 Å². The van der Waals surface area contributed by atoms with Gasteiger partial charge in [-0.3, -0.25) is 0 Å². The Balaban J connectivity index is 1.40. The second-order valence-electron chi connectivity index (χ2n) is 9.09. The molecule has 0 spiro atoms. The van der Waals surface area contributed by atoms with Crippen LogP contribution in [0.25, 0.3) is 0 Å². The maximum Gasteiger partial charge on any atom is 0.315 e. The van der Waals surface area contributed by atoms with Crippen LogP contribution in [-0.4, -0.2) is 38.4 Å². The van der Waals surface area contributed by atoms with Crippen LogP contribution in [0.15, 0.2) is 48.5 Å². The van der Waals surface area contributed by atoms with Crippen molar-refractivity contribution in [3.05, 3.63) is 59.7 Å². The Hall–Kier alpha value is -2.73. The molecule has 0 saturated carbocycles. The Kier molecular flexibility index (Phi) is 7.80. The summed E-state index contributed by atoms with van der Waals surface area (Å²) in [5.74, 6) is 1.31. The molecule has 0 bridgehead atoms. The summed E-state index contributed by atoms with van der Waals surface area (Å²) in [6.07, 6.45) is 1.06. The Morgan fingerprint density at radius 2 is 1.87 bits per heavy atom. The summed E-state index contributed by atoms with van der Waals surface area (Å²) < 4.78 is 11.2. The Bertz CT molecular complexity index is 863. The van der Waals surface area contributed by atoms with Crippen LogP contribution in [0.2, 0.25) is 0 Å². The van der Waals surface area contributed by atoms with Gasteiger partial charge >= 0.3 is 6.03 Å². The zero-order valence-electron chi connectivity index (χ0n) is 19.1. The monoisotopic (exact) mass is 425 g/mol. The van der Waals surface area contributed by atoms with E-state index in [2.05, 4.69) is 33.7 Å².